The quantitative estimate of drug-likeness (QED) is 0.302. The second-order valence-electron chi connectivity index (χ2n) is 5.63. The van der Waals surface area contributed by atoms with Gasteiger partial charge in [-0.3, -0.25) is 10.2 Å². The van der Waals surface area contributed by atoms with E-state index in [0.717, 1.165) is 21.1 Å². The van der Waals surface area contributed by atoms with Crippen LogP contribution in [0.3, 0.4) is 0 Å². The molecule has 3 rings (SSSR count). The SMILES string of the molecule is C/C(=N\OC(=O)Nc1cccc(Cl)c1)c1sc(-c2ccc(Cl)cc2)nc1C. The van der Waals surface area contributed by atoms with E-state index < -0.39 is 6.09 Å². The Morgan fingerprint density at radius 2 is 1.89 bits per heavy atom. The summed E-state index contributed by atoms with van der Waals surface area (Å²) in [6.45, 7) is 3.65. The summed E-state index contributed by atoms with van der Waals surface area (Å²) in [6.07, 6.45) is -0.697. The van der Waals surface area contributed by atoms with Gasteiger partial charge in [0.1, 0.15) is 5.01 Å². The monoisotopic (exact) mass is 419 g/mol. The second-order valence-corrected chi connectivity index (χ2v) is 7.50. The van der Waals surface area contributed by atoms with Crippen LogP contribution in [0.4, 0.5) is 10.5 Å². The van der Waals surface area contributed by atoms with Gasteiger partial charge in [0.05, 0.1) is 16.3 Å². The van der Waals surface area contributed by atoms with Crippen LogP contribution in [0.15, 0.2) is 53.7 Å². The Balaban J connectivity index is 1.70. The van der Waals surface area contributed by atoms with Gasteiger partial charge in [-0.15, -0.1) is 11.3 Å². The fourth-order valence-electron chi connectivity index (χ4n) is 2.31. The second kappa shape index (κ2) is 8.52. The molecule has 0 unspecified atom stereocenters. The summed E-state index contributed by atoms with van der Waals surface area (Å²) < 4.78 is 0. The van der Waals surface area contributed by atoms with Crippen molar-refractivity contribution < 1.29 is 9.63 Å². The van der Waals surface area contributed by atoms with Crippen molar-refractivity contribution in [3.05, 3.63) is 69.1 Å². The highest BCUT2D eigenvalue weighted by molar-refractivity contribution is 7.17. The van der Waals surface area contributed by atoms with Gasteiger partial charge in [-0.2, -0.15) is 0 Å². The van der Waals surface area contributed by atoms with Crippen LogP contribution in [0.25, 0.3) is 10.6 Å². The first-order valence-corrected chi connectivity index (χ1v) is 9.51. The number of hydrogen-bond donors (Lipinski definition) is 1. The molecule has 1 N–H and O–H groups in total. The number of carbonyl (C=O) groups excluding carboxylic acids is 1. The Morgan fingerprint density at radius 1 is 1.15 bits per heavy atom. The lowest BCUT2D eigenvalue weighted by atomic mass is 10.2. The molecule has 2 aromatic carbocycles. The van der Waals surface area contributed by atoms with Crippen molar-refractivity contribution in [2.45, 2.75) is 13.8 Å². The Labute approximate surface area is 170 Å². The van der Waals surface area contributed by atoms with Crippen LogP contribution in [0, 0.1) is 6.92 Å². The fraction of sp³-hybridized carbons (Fsp3) is 0.105. The minimum atomic E-state index is -0.697. The molecule has 8 heteroatoms. The van der Waals surface area contributed by atoms with E-state index in [2.05, 4.69) is 15.5 Å². The van der Waals surface area contributed by atoms with E-state index in [-0.39, 0.29) is 0 Å². The molecule has 0 saturated carbocycles. The number of oxime groups is 1. The maximum absolute atomic E-state index is 11.9. The molecular formula is C19H15Cl2N3O2S. The van der Waals surface area contributed by atoms with Crippen LogP contribution in [0.2, 0.25) is 10.0 Å². The smallest absolute Gasteiger partial charge is 0.297 e. The Kier molecular flexibility index (Phi) is 6.11. The van der Waals surface area contributed by atoms with Crippen molar-refractivity contribution in [3.63, 3.8) is 0 Å². The van der Waals surface area contributed by atoms with Crippen molar-refractivity contribution in [1.29, 1.82) is 0 Å². The molecule has 5 nitrogen and oxygen atoms in total. The number of carbonyl (C=O) groups is 1. The molecule has 1 amide bonds. The molecule has 0 spiro atoms. The molecular weight excluding hydrogens is 405 g/mol. The predicted octanol–water partition coefficient (Wildman–Crippen LogP) is 6.40. The van der Waals surface area contributed by atoms with Gasteiger partial charge in [-0.25, -0.2) is 9.78 Å². The molecule has 0 aliphatic heterocycles. The number of nitrogens with zero attached hydrogens (tertiary/aromatic N) is 2. The number of nitrogens with one attached hydrogen (secondary N) is 1. The van der Waals surface area contributed by atoms with Gasteiger partial charge in [-0.1, -0.05) is 46.6 Å². The minimum Gasteiger partial charge on any atom is -0.297 e. The molecule has 0 aliphatic carbocycles. The van der Waals surface area contributed by atoms with Crippen LogP contribution in [-0.4, -0.2) is 16.8 Å². The van der Waals surface area contributed by atoms with Crippen molar-refractivity contribution >= 4 is 52.0 Å². The lowest BCUT2D eigenvalue weighted by Gasteiger charge is -2.03. The number of aromatic nitrogens is 1. The number of thiazole rings is 1. The summed E-state index contributed by atoms with van der Waals surface area (Å²) in [6, 6.07) is 14.2. The number of aryl methyl sites for hydroxylation is 1. The lowest BCUT2D eigenvalue weighted by Crippen LogP contribution is -2.11. The van der Waals surface area contributed by atoms with E-state index in [4.69, 9.17) is 28.0 Å². The van der Waals surface area contributed by atoms with Gasteiger partial charge in [0.15, 0.2) is 0 Å². The van der Waals surface area contributed by atoms with Crippen molar-refractivity contribution in [2.75, 3.05) is 5.32 Å². The van der Waals surface area contributed by atoms with Crippen molar-refractivity contribution in [1.82, 2.24) is 4.98 Å². The predicted molar refractivity (Wildman–Crippen MR) is 111 cm³/mol. The highest BCUT2D eigenvalue weighted by Gasteiger charge is 2.13. The molecule has 0 saturated heterocycles. The molecule has 1 heterocycles. The minimum absolute atomic E-state index is 0.516. The van der Waals surface area contributed by atoms with E-state index >= 15 is 0 Å². The van der Waals surface area contributed by atoms with E-state index in [1.807, 2.05) is 31.2 Å². The third-order valence-electron chi connectivity index (χ3n) is 3.55. The first-order valence-electron chi connectivity index (χ1n) is 7.94. The number of halogens is 2. The average molecular weight is 420 g/mol. The molecule has 0 radical (unpaired) electrons. The van der Waals surface area contributed by atoms with E-state index in [1.165, 1.54) is 11.3 Å². The highest BCUT2D eigenvalue weighted by Crippen LogP contribution is 2.29. The lowest BCUT2D eigenvalue weighted by molar-refractivity contribution is 0.166. The van der Waals surface area contributed by atoms with E-state index in [0.29, 0.717) is 21.4 Å². The Morgan fingerprint density at radius 3 is 2.59 bits per heavy atom. The molecule has 3 aromatic rings. The summed E-state index contributed by atoms with van der Waals surface area (Å²) in [5.74, 6) is 0. The largest absolute Gasteiger partial charge is 0.437 e. The molecule has 27 heavy (non-hydrogen) atoms. The third kappa shape index (κ3) is 5.07. The summed E-state index contributed by atoms with van der Waals surface area (Å²) in [5, 5.41) is 8.51. The van der Waals surface area contributed by atoms with Crippen molar-refractivity contribution in [2.24, 2.45) is 5.16 Å². The van der Waals surface area contributed by atoms with Gasteiger partial charge < -0.3 is 0 Å². The molecule has 0 bridgehead atoms. The van der Waals surface area contributed by atoms with E-state index in [9.17, 15) is 4.79 Å². The van der Waals surface area contributed by atoms with Gasteiger partial charge in [0.2, 0.25) is 0 Å². The summed E-state index contributed by atoms with van der Waals surface area (Å²) >= 11 is 13.3. The van der Waals surface area contributed by atoms with Crippen LogP contribution in [0.5, 0.6) is 0 Å². The van der Waals surface area contributed by atoms with Gasteiger partial charge in [0.25, 0.3) is 0 Å². The van der Waals surface area contributed by atoms with Gasteiger partial charge >= 0.3 is 6.09 Å². The molecule has 138 valence electrons. The average Bonchev–Trinajstić information content (AvgIpc) is 3.02. The Hall–Kier alpha value is -2.41. The third-order valence-corrected chi connectivity index (χ3v) is 5.36. The maximum Gasteiger partial charge on any atom is 0.437 e. The standard InChI is InChI=1S/C19H15Cl2N3O2S/c1-11-17(27-18(22-11)13-6-8-14(20)9-7-13)12(2)24-26-19(25)23-16-5-3-4-15(21)10-16/h3-10H,1-2H3,(H,23,25)/b24-12+. The maximum atomic E-state index is 11.9. The number of rotatable bonds is 4. The zero-order valence-electron chi connectivity index (χ0n) is 14.5. The van der Waals surface area contributed by atoms with Crippen LogP contribution in [-0.2, 0) is 4.84 Å². The molecule has 0 atom stereocenters. The summed E-state index contributed by atoms with van der Waals surface area (Å²) in [5.41, 5.74) is 2.86. The normalized spacial score (nSPS) is 11.3. The summed E-state index contributed by atoms with van der Waals surface area (Å²) in [7, 11) is 0. The van der Waals surface area contributed by atoms with Crippen molar-refractivity contribution in [3.8, 4) is 10.6 Å². The van der Waals surface area contributed by atoms with Gasteiger partial charge in [-0.05, 0) is 44.2 Å². The summed E-state index contributed by atoms with van der Waals surface area (Å²) in [4.78, 5) is 22.2. The van der Waals surface area contributed by atoms with E-state index in [1.54, 1.807) is 31.2 Å². The molecule has 0 aliphatic rings. The van der Waals surface area contributed by atoms with Crippen LogP contribution in [0.1, 0.15) is 17.5 Å². The first kappa shape index (κ1) is 19.4. The number of anilines is 1. The fourth-order valence-corrected chi connectivity index (χ4v) is 3.63. The topological polar surface area (TPSA) is 63.6 Å². The molecule has 0 fully saturated rings. The number of benzene rings is 2. The number of amides is 1. The zero-order valence-corrected chi connectivity index (χ0v) is 16.8. The Bertz CT molecular complexity index is 1000. The highest BCUT2D eigenvalue weighted by atomic mass is 35.5. The first-order chi connectivity index (χ1) is 12.9. The number of hydrogen-bond acceptors (Lipinski definition) is 5. The van der Waals surface area contributed by atoms with Gasteiger partial charge in [0, 0.05) is 21.3 Å². The van der Waals surface area contributed by atoms with Crippen LogP contribution >= 0.6 is 34.5 Å². The van der Waals surface area contributed by atoms with Crippen LogP contribution < -0.4 is 5.32 Å². The zero-order chi connectivity index (χ0) is 19.4. The molecule has 1 aromatic heterocycles.